The highest BCUT2D eigenvalue weighted by Crippen LogP contribution is 2.42. The van der Waals surface area contributed by atoms with Gasteiger partial charge in [0.25, 0.3) is 0 Å². The lowest BCUT2D eigenvalue weighted by atomic mass is 9.75. The first kappa shape index (κ1) is 15.2. The molecule has 21 heavy (non-hydrogen) atoms. The summed E-state index contributed by atoms with van der Waals surface area (Å²) >= 11 is 2.14. The van der Waals surface area contributed by atoms with Crippen molar-refractivity contribution in [3.05, 3.63) is 29.8 Å². The van der Waals surface area contributed by atoms with Crippen LogP contribution in [0.25, 0.3) is 0 Å². The number of thioether (sulfide) groups is 1. The van der Waals surface area contributed by atoms with E-state index in [0.717, 1.165) is 23.1 Å². The van der Waals surface area contributed by atoms with Crippen LogP contribution in [0.5, 0.6) is 5.75 Å². The maximum Gasteiger partial charge on any atom is 0.122 e. The molecule has 2 atom stereocenters. The summed E-state index contributed by atoms with van der Waals surface area (Å²) < 4.78 is 5.49. The van der Waals surface area contributed by atoms with Gasteiger partial charge in [0.1, 0.15) is 5.75 Å². The Morgan fingerprint density at radius 2 is 1.95 bits per heavy atom. The summed E-state index contributed by atoms with van der Waals surface area (Å²) in [5.74, 6) is 3.00. The highest BCUT2D eigenvalue weighted by Gasteiger charge is 2.35. The summed E-state index contributed by atoms with van der Waals surface area (Å²) in [4.78, 5) is 0. The molecule has 2 aliphatic rings. The van der Waals surface area contributed by atoms with Crippen molar-refractivity contribution in [1.29, 1.82) is 0 Å². The van der Waals surface area contributed by atoms with Crippen molar-refractivity contribution in [3.8, 4) is 5.75 Å². The van der Waals surface area contributed by atoms with Gasteiger partial charge in [-0.25, -0.2) is 0 Å². The SMILES string of the molecule is CCSC1CCC(NC2CC(c3ccccc3OC)C2)C1. The van der Waals surface area contributed by atoms with Crippen molar-refractivity contribution in [2.45, 2.75) is 62.3 Å². The summed E-state index contributed by atoms with van der Waals surface area (Å²) in [7, 11) is 1.78. The Morgan fingerprint density at radius 1 is 1.14 bits per heavy atom. The normalized spacial score (nSPS) is 31.9. The van der Waals surface area contributed by atoms with E-state index in [2.05, 4.69) is 48.3 Å². The lowest BCUT2D eigenvalue weighted by Gasteiger charge is -2.38. The Kier molecular flexibility index (Phi) is 5.12. The number of benzene rings is 1. The Labute approximate surface area is 133 Å². The number of para-hydroxylation sites is 1. The van der Waals surface area contributed by atoms with Gasteiger partial charge in [-0.2, -0.15) is 11.8 Å². The first-order chi connectivity index (χ1) is 10.3. The van der Waals surface area contributed by atoms with Crippen molar-refractivity contribution in [1.82, 2.24) is 5.32 Å². The van der Waals surface area contributed by atoms with E-state index in [0.29, 0.717) is 5.92 Å². The van der Waals surface area contributed by atoms with Crippen LogP contribution in [0, 0.1) is 0 Å². The van der Waals surface area contributed by atoms with E-state index in [4.69, 9.17) is 4.74 Å². The molecule has 0 aliphatic heterocycles. The van der Waals surface area contributed by atoms with Gasteiger partial charge in [0.2, 0.25) is 0 Å². The minimum Gasteiger partial charge on any atom is -0.496 e. The van der Waals surface area contributed by atoms with Crippen LogP contribution in [0.3, 0.4) is 0 Å². The molecule has 1 aromatic carbocycles. The molecule has 2 unspecified atom stereocenters. The van der Waals surface area contributed by atoms with E-state index >= 15 is 0 Å². The quantitative estimate of drug-likeness (QED) is 0.851. The number of nitrogens with one attached hydrogen (secondary N) is 1. The van der Waals surface area contributed by atoms with E-state index in [-0.39, 0.29) is 0 Å². The minimum atomic E-state index is 0.681. The van der Waals surface area contributed by atoms with Crippen LogP contribution < -0.4 is 10.1 Å². The van der Waals surface area contributed by atoms with Gasteiger partial charge in [-0.1, -0.05) is 25.1 Å². The van der Waals surface area contributed by atoms with Crippen LogP contribution in [0.2, 0.25) is 0 Å². The molecule has 0 aromatic heterocycles. The Hall–Kier alpha value is -0.670. The molecule has 0 heterocycles. The number of methoxy groups -OCH3 is 1. The molecule has 2 saturated carbocycles. The van der Waals surface area contributed by atoms with Gasteiger partial charge in [0.15, 0.2) is 0 Å². The summed E-state index contributed by atoms with van der Waals surface area (Å²) in [6.07, 6.45) is 6.67. The van der Waals surface area contributed by atoms with Gasteiger partial charge >= 0.3 is 0 Å². The summed E-state index contributed by atoms with van der Waals surface area (Å²) in [5.41, 5.74) is 1.39. The fourth-order valence-corrected chi connectivity index (χ4v) is 4.97. The highest BCUT2D eigenvalue weighted by atomic mass is 32.2. The maximum atomic E-state index is 5.49. The van der Waals surface area contributed by atoms with Gasteiger partial charge in [-0.15, -0.1) is 0 Å². The number of hydrogen-bond acceptors (Lipinski definition) is 3. The zero-order valence-electron chi connectivity index (χ0n) is 13.2. The molecule has 2 nitrogen and oxygen atoms in total. The van der Waals surface area contributed by atoms with Crippen LogP contribution in [-0.2, 0) is 0 Å². The molecule has 2 fully saturated rings. The molecule has 1 aromatic rings. The smallest absolute Gasteiger partial charge is 0.122 e. The molecule has 0 bridgehead atoms. The van der Waals surface area contributed by atoms with Crippen LogP contribution in [0.4, 0.5) is 0 Å². The maximum absolute atomic E-state index is 5.49. The van der Waals surface area contributed by atoms with Gasteiger partial charge in [-0.3, -0.25) is 0 Å². The number of ether oxygens (including phenoxy) is 1. The van der Waals surface area contributed by atoms with Gasteiger partial charge < -0.3 is 10.1 Å². The first-order valence-corrected chi connectivity index (χ1v) is 9.35. The van der Waals surface area contributed by atoms with Crippen LogP contribution >= 0.6 is 11.8 Å². The average Bonchev–Trinajstić information content (AvgIpc) is 2.90. The Morgan fingerprint density at radius 3 is 2.71 bits per heavy atom. The zero-order chi connectivity index (χ0) is 14.7. The van der Waals surface area contributed by atoms with Gasteiger partial charge in [-0.05, 0) is 55.4 Å². The second-order valence-electron chi connectivity index (χ2n) is 6.36. The van der Waals surface area contributed by atoms with Gasteiger partial charge in [0.05, 0.1) is 7.11 Å². The van der Waals surface area contributed by atoms with E-state index in [9.17, 15) is 0 Å². The highest BCUT2D eigenvalue weighted by molar-refractivity contribution is 7.99. The number of hydrogen-bond donors (Lipinski definition) is 1. The monoisotopic (exact) mass is 305 g/mol. The molecular weight excluding hydrogens is 278 g/mol. The van der Waals surface area contributed by atoms with Crippen LogP contribution in [-0.4, -0.2) is 30.2 Å². The van der Waals surface area contributed by atoms with E-state index in [1.165, 1.54) is 43.4 Å². The molecule has 3 heteroatoms. The van der Waals surface area contributed by atoms with Crippen LogP contribution in [0.15, 0.2) is 24.3 Å². The molecule has 0 amide bonds. The zero-order valence-corrected chi connectivity index (χ0v) is 14.0. The van der Waals surface area contributed by atoms with Gasteiger partial charge in [0, 0.05) is 17.3 Å². The standard InChI is InChI=1S/C18H27NOS/c1-3-21-16-9-8-14(12-16)19-15-10-13(11-15)17-6-4-5-7-18(17)20-2/h4-7,13-16,19H,3,8-12H2,1-2H3. The largest absolute Gasteiger partial charge is 0.496 e. The van der Waals surface area contributed by atoms with Crippen molar-refractivity contribution >= 4 is 11.8 Å². The van der Waals surface area contributed by atoms with E-state index in [1.54, 1.807) is 7.11 Å². The topological polar surface area (TPSA) is 21.3 Å². The predicted molar refractivity (Wildman–Crippen MR) is 91.5 cm³/mol. The Balaban J connectivity index is 1.46. The summed E-state index contributed by atoms with van der Waals surface area (Å²) in [5, 5.41) is 4.79. The summed E-state index contributed by atoms with van der Waals surface area (Å²) in [6, 6.07) is 9.97. The van der Waals surface area contributed by atoms with Crippen molar-refractivity contribution in [3.63, 3.8) is 0 Å². The third-order valence-corrected chi connectivity index (χ3v) is 6.21. The van der Waals surface area contributed by atoms with Crippen molar-refractivity contribution in [2.24, 2.45) is 0 Å². The molecular formula is C18H27NOS. The average molecular weight is 305 g/mol. The third kappa shape index (κ3) is 3.57. The van der Waals surface area contributed by atoms with Crippen molar-refractivity contribution < 1.29 is 4.74 Å². The molecule has 116 valence electrons. The first-order valence-electron chi connectivity index (χ1n) is 8.30. The van der Waals surface area contributed by atoms with Crippen molar-refractivity contribution in [2.75, 3.05) is 12.9 Å². The predicted octanol–water partition coefficient (Wildman–Crippen LogP) is 4.21. The van der Waals surface area contributed by atoms with E-state index < -0.39 is 0 Å². The Bertz CT molecular complexity index is 458. The lowest BCUT2D eigenvalue weighted by Crippen LogP contribution is -2.44. The molecule has 3 rings (SSSR count). The third-order valence-electron chi connectivity index (χ3n) is 4.98. The molecule has 0 spiro atoms. The second-order valence-corrected chi connectivity index (χ2v) is 7.94. The summed E-state index contributed by atoms with van der Waals surface area (Å²) in [6.45, 7) is 2.27. The molecule has 2 aliphatic carbocycles. The lowest BCUT2D eigenvalue weighted by molar-refractivity contribution is 0.260. The van der Waals surface area contributed by atoms with E-state index in [1.807, 2.05) is 0 Å². The fourth-order valence-electron chi connectivity index (χ4n) is 3.82. The fraction of sp³-hybridized carbons (Fsp3) is 0.667. The minimum absolute atomic E-state index is 0.681. The molecule has 0 saturated heterocycles. The molecule has 1 N–H and O–H groups in total. The second kappa shape index (κ2) is 7.06. The van der Waals surface area contributed by atoms with Crippen LogP contribution in [0.1, 0.15) is 50.5 Å². The number of rotatable bonds is 6. The molecule has 0 radical (unpaired) electrons.